The highest BCUT2D eigenvalue weighted by Crippen LogP contribution is 2.22. The largest absolute Gasteiger partial charge is 0.472 e. The van der Waals surface area contributed by atoms with Crippen LogP contribution in [0.15, 0.2) is 65.5 Å². The van der Waals surface area contributed by atoms with Crippen molar-refractivity contribution in [1.29, 1.82) is 5.26 Å². The molecule has 0 aliphatic heterocycles. The summed E-state index contributed by atoms with van der Waals surface area (Å²) < 4.78 is 5.01. The van der Waals surface area contributed by atoms with E-state index >= 15 is 0 Å². The fourth-order valence-electron chi connectivity index (χ4n) is 2.06. The lowest BCUT2D eigenvalue weighted by molar-refractivity contribution is 0.567. The van der Waals surface area contributed by atoms with Gasteiger partial charge in [0.25, 0.3) is 0 Å². The summed E-state index contributed by atoms with van der Waals surface area (Å²) in [6.07, 6.45) is 5.05. The average molecular weight is 245 g/mol. The highest BCUT2D eigenvalue weighted by atomic mass is 16.3. The second-order valence-corrected chi connectivity index (χ2v) is 4.29. The Morgan fingerprint density at radius 1 is 1.05 bits per heavy atom. The van der Waals surface area contributed by atoms with Gasteiger partial charge in [-0.3, -0.25) is 0 Å². The third-order valence-electron chi connectivity index (χ3n) is 3.04. The molecule has 2 nitrogen and oxygen atoms in total. The fourth-order valence-corrected chi connectivity index (χ4v) is 2.06. The standard InChI is InChI=1S/C17H11NO/c18-11-17(9-13-7-8-19-12-13)16-6-5-14-3-1-2-4-15(14)10-16/h1-10,12H. The van der Waals surface area contributed by atoms with Crippen molar-refractivity contribution < 1.29 is 4.42 Å². The van der Waals surface area contributed by atoms with E-state index in [2.05, 4.69) is 12.1 Å². The lowest BCUT2D eigenvalue weighted by Crippen LogP contribution is -1.82. The first-order valence-corrected chi connectivity index (χ1v) is 6.00. The van der Waals surface area contributed by atoms with E-state index in [1.165, 1.54) is 5.39 Å². The van der Waals surface area contributed by atoms with Crippen molar-refractivity contribution in [2.45, 2.75) is 0 Å². The van der Waals surface area contributed by atoms with Crippen LogP contribution in [0.4, 0.5) is 0 Å². The molecule has 0 amide bonds. The molecule has 0 saturated heterocycles. The van der Waals surface area contributed by atoms with Crippen molar-refractivity contribution in [3.63, 3.8) is 0 Å². The van der Waals surface area contributed by atoms with Gasteiger partial charge in [0.05, 0.1) is 24.2 Å². The van der Waals surface area contributed by atoms with E-state index in [0.29, 0.717) is 5.57 Å². The molecule has 0 saturated carbocycles. The third kappa shape index (κ3) is 2.27. The lowest BCUT2D eigenvalue weighted by atomic mass is 10.0. The van der Waals surface area contributed by atoms with Gasteiger partial charge in [-0.15, -0.1) is 0 Å². The zero-order valence-electron chi connectivity index (χ0n) is 10.2. The number of nitriles is 1. The topological polar surface area (TPSA) is 36.9 Å². The Balaban J connectivity index is 2.10. The fraction of sp³-hybridized carbons (Fsp3) is 0. The molecule has 0 aliphatic carbocycles. The van der Waals surface area contributed by atoms with Crippen molar-refractivity contribution in [3.05, 3.63) is 72.2 Å². The van der Waals surface area contributed by atoms with Crippen molar-refractivity contribution >= 4 is 22.4 Å². The number of benzene rings is 2. The normalized spacial score (nSPS) is 11.4. The van der Waals surface area contributed by atoms with Crippen LogP contribution in [0.1, 0.15) is 11.1 Å². The van der Waals surface area contributed by atoms with Gasteiger partial charge in [0, 0.05) is 5.56 Å². The molecular formula is C17H11NO. The van der Waals surface area contributed by atoms with E-state index in [-0.39, 0.29) is 0 Å². The Hall–Kier alpha value is -2.79. The molecular weight excluding hydrogens is 234 g/mol. The zero-order valence-corrected chi connectivity index (χ0v) is 10.2. The summed E-state index contributed by atoms with van der Waals surface area (Å²) in [6, 6.07) is 18.2. The van der Waals surface area contributed by atoms with Gasteiger partial charge in [-0.25, -0.2) is 0 Å². The van der Waals surface area contributed by atoms with Crippen LogP contribution in [0, 0.1) is 11.3 Å². The molecule has 0 bridgehead atoms. The minimum absolute atomic E-state index is 0.632. The second-order valence-electron chi connectivity index (χ2n) is 4.29. The van der Waals surface area contributed by atoms with Gasteiger partial charge >= 0.3 is 0 Å². The number of furan rings is 1. The molecule has 3 aromatic rings. The predicted molar refractivity (Wildman–Crippen MR) is 76.1 cm³/mol. The summed E-state index contributed by atoms with van der Waals surface area (Å²) in [7, 11) is 0. The molecule has 1 heterocycles. The summed E-state index contributed by atoms with van der Waals surface area (Å²) in [6.45, 7) is 0. The Kier molecular flexibility index (Phi) is 2.88. The van der Waals surface area contributed by atoms with E-state index in [1.54, 1.807) is 12.5 Å². The number of nitrogens with zero attached hydrogens (tertiary/aromatic N) is 1. The zero-order chi connectivity index (χ0) is 13.1. The monoisotopic (exact) mass is 245 g/mol. The number of fused-ring (bicyclic) bond motifs is 1. The van der Waals surface area contributed by atoms with Gasteiger partial charge < -0.3 is 4.42 Å². The summed E-state index contributed by atoms with van der Waals surface area (Å²) >= 11 is 0. The van der Waals surface area contributed by atoms with Gasteiger partial charge in [-0.2, -0.15) is 5.26 Å². The Labute approximate surface area is 111 Å². The Morgan fingerprint density at radius 2 is 1.89 bits per heavy atom. The molecule has 1 aromatic heterocycles. The minimum Gasteiger partial charge on any atom is -0.472 e. The van der Waals surface area contributed by atoms with Crippen LogP contribution in [-0.4, -0.2) is 0 Å². The number of allylic oxidation sites excluding steroid dienone is 1. The molecule has 3 rings (SSSR count). The minimum atomic E-state index is 0.632. The van der Waals surface area contributed by atoms with Crippen LogP contribution in [0.5, 0.6) is 0 Å². The Bertz CT molecular complexity index is 776. The SMILES string of the molecule is N#CC(=Cc1ccoc1)c1ccc2ccccc2c1. The average Bonchev–Trinajstić information content (AvgIpc) is 2.97. The smallest absolute Gasteiger partial charge is 0.0998 e. The third-order valence-corrected chi connectivity index (χ3v) is 3.04. The molecule has 0 spiro atoms. The molecule has 19 heavy (non-hydrogen) atoms. The Morgan fingerprint density at radius 3 is 2.63 bits per heavy atom. The van der Waals surface area contributed by atoms with Crippen LogP contribution >= 0.6 is 0 Å². The van der Waals surface area contributed by atoms with Crippen molar-refractivity contribution in [3.8, 4) is 6.07 Å². The van der Waals surface area contributed by atoms with Crippen LogP contribution < -0.4 is 0 Å². The predicted octanol–water partition coefficient (Wildman–Crippen LogP) is 4.50. The van der Waals surface area contributed by atoms with E-state index in [4.69, 9.17) is 4.42 Å². The number of rotatable bonds is 2. The summed E-state index contributed by atoms with van der Waals surface area (Å²) in [5.74, 6) is 0. The maximum absolute atomic E-state index is 9.30. The van der Waals surface area contributed by atoms with Crippen LogP contribution in [0.25, 0.3) is 22.4 Å². The van der Waals surface area contributed by atoms with E-state index in [0.717, 1.165) is 16.5 Å². The van der Waals surface area contributed by atoms with Crippen LogP contribution in [0.3, 0.4) is 0 Å². The molecule has 0 radical (unpaired) electrons. The molecule has 0 unspecified atom stereocenters. The van der Waals surface area contributed by atoms with Gasteiger partial charge in [0.15, 0.2) is 0 Å². The number of hydrogen-bond donors (Lipinski definition) is 0. The summed E-state index contributed by atoms with van der Waals surface area (Å²) in [5.41, 5.74) is 2.44. The molecule has 2 heteroatoms. The first kappa shape index (κ1) is 11.3. The van der Waals surface area contributed by atoms with Gasteiger partial charge in [-0.1, -0.05) is 36.4 Å². The quantitative estimate of drug-likeness (QED) is 0.623. The first-order chi connectivity index (χ1) is 9.36. The van der Waals surface area contributed by atoms with Gasteiger partial charge in [0.1, 0.15) is 0 Å². The van der Waals surface area contributed by atoms with Gasteiger partial charge in [-0.05, 0) is 34.5 Å². The molecule has 0 atom stereocenters. The van der Waals surface area contributed by atoms with E-state index in [9.17, 15) is 5.26 Å². The molecule has 0 N–H and O–H groups in total. The molecule has 0 fully saturated rings. The van der Waals surface area contributed by atoms with E-state index < -0.39 is 0 Å². The van der Waals surface area contributed by atoms with Crippen molar-refractivity contribution in [2.75, 3.05) is 0 Å². The first-order valence-electron chi connectivity index (χ1n) is 6.00. The van der Waals surface area contributed by atoms with Crippen LogP contribution in [-0.2, 0) is 0 Å². The van der Waals surface area contributed by atoms with Crippen LogP contribution in [0.2, 0.25) is 0 Å². The summed E-state index contributed by atoms with van der Waals surface area (Å²) in [4.78, 5) is 0. The summed E-state index contributed by atoms with van der Waals surface area (Å²) in [5, 5.41) is 11.6. The molecule has 90 valence electrons. The maximum atomic E-state index is 9.30. The highest BCUT2D eigenvalue weighted by molar-refractivity contribution is 5.94. The molecule has 2 aromatic carbocycles. The van der Waals surface area contributed by atoms with E-state index in [1.807, 2.05) is 48.5 Å². The maximum Gasteiger partial charge on any atom is 0.0998 e. The van der Waals surface area contributed by atoms with Gasteiger partial charge in [0.2, 0.25) is 0 Å². The molecule has 0 aliphatic rings. The number of hydrogen-bond acceptors (Lipinski definition) is 2. The van der Waals surface area contributed by atoms with Crippen molar-refractivity contribution in [1.82, 2.24) is 0 Å². The van der Waals surface area contributed by atoms with Crippen molar-refractivity contribution in [2.24, 2.45) is 0 Å². The lowest BCUT2D eigenvalue weighted by Gasteiger charge is -2.02. The second kappa shape index (κ2) is 4.83. The highest BCUT2D eigenvalue weighted by Gasteiger charge is 2.03.